The van der Waals surface area contributed by atoms with Crippen molar-refractivity contribution in [3.05, 3.63) is 97.1 Å². The van der Waals surface area contributed by atoms with Crippen LogP contribution in [0.25, 0.3) is 21.5 Å². The van der Waals surface area contributed by atoms with Crippen LogP contribution in [-0.2, 0) is 16.1 Å². The molecule has 0 amide bonds. The first-order valence-electron chi connectivity index (χ1n) is 11.4. The highest BCUT2D eigenvalue weighted by Crippen LogP contribution is 2.67. The van der Waals surface area contributed by atoms with Crippen LogP contribution in [0.15, 0.2) is 91.5 Å². The number of esters is 1. The molecule has 0 radical (unpaired) electrons. The molecule has 4 aromatic carbocycles. The molecule has 0 spiro atoms. The molecule has 0 aliphatic heterocycles. The van der Waals surface area contributed by atoms with E-state index < -0.39 is 7.26 Å². The lowest BCUT2D eigenvalue weighted by atomic mass is 10.1. The fraction of sp³-hybridized carbons (Fsp3) is 0.233. The first kappa shape index (κ1) is 23.2. The summed E-state index contributed by atoms with van der Waals surface area (Å²) in [5, 5.41) is 7.41. The van der Waals surface area contributed by atoms with Crippen molar-refractivity contribution in [3.8, 4) is 0 Å². The van der Waals surface area contributed by atoms with E-state index in [-0.39, 0.29) is 17.7 Å². The van der Waals surface area contributed by atoms with Gasteiger partial charge in [0.25, 0.3) is 0 Å². The predicted molar refractivity (Wildman–Crippen MR) is 144 cm³/mol. The molecule has 2 nitrogen and oxygen atoms in total. The lowest BCUT2D eigenvalue weighted by Gasteiger charge is -2.39. The van der Waals surface area contributed by atoms with Gasteiger partial charge < -0.3 is 4.74 Å². The van der Waals surface area contributed by atoms with E-state index in [0.29, 0.717) is 0 Å². The van der Waals surface area contributed by atoms with Crippen LogP contribution in [0, 0.1) is 0 Å². The van der Waals surface area contributed by atoms with Crippen LogP contribution in [0.2, 0.25) is 0 Å². The molecule has 168 valence electrons. The van der Waals surface area contributed by atoms with E-state index in [1.54, 1.807) is 0 Å². The third-order valence-corrected chi connectivity index (χ3v) is 12.1. The average Bonchev–Trinajstić information content (AvgIpc) is 2.80. The van der Waals surface area contributed by atoms with Crippen molar-refractivity contribution in [1.29, 1.82) is 0 Å². The summed E-state index contributed by atoms with van der Waals surface area (Å²) in [4.78, 5) is 11.8. The molecule has 0 aliphatic rings. The molecule has 1 unspecified atom stereocenters. The highest BCUT2D eigenvalue weighted by atomic mass is 31.2. The summed E-state index contributed by atoms with van der Waals surface area (Å²) < 4.78 is 5.62. The molecule has 0 saturated heterocycles. The van der Waals surface area contributed by atoms with E-state index in [4.69, 9.17) is 4.74 Å². The molecule has 3 heteroatoms. The highest BCUT2D eigenvalue weighted by Gasteiger charge is 2.53. The van der Waals surface area contributed by atoms with Gasteiger partial charge in [0.05, 0.1) is 18.6 Å². The first-order chi connectivity index (χ1) is 15.8. The van der Waals surface area contributed by atoms with Gasteiger partial charge in [-0.3, -0.25) is 4.79 Å². The molecule has 0 aliphatic carbocycles. The number of hydrogen-bond acceptors (Lipinski definition) is 2. The van der Waals surface area contributed by atoms with Gasteiger partial charge in [-0.25, -0.2) is 0 Å². The van der Waals surface area contributed by atoms with Crippen LogP contribution in [0.1, 0.15) is 33.3 Å². The fourth-order valence-corrected chi connectivity index (χ4v) is 9.76. The van der Waals surface area contributed by atoms with Crippen LogP contribution in [-0.4, -0.2) is 17.3 Å². The van der Waals surface area contributed by atoms with Crippen molar-refractivity contribution >= 4 is 45.4 Å². The van der Waals surface area contributed by atoms with Gasteiger partial charge >= 0.3 is 5.97 Å². The number of carbonyl (C=O) groups excluding carboxylic acids is 1. The molecule has 4 rings (SSSR count). The fourth-order valence-electron chi connectivity index (χ4n) is 4.98. The van der Waals surface area contributed by atoms with Crippen LogP contribution in [0.4, 0.5) is 0 Å². The standard InChI is InChI=1S/C30H32O2P/c1-6-19-33(30(3,4)5,26-17-15-23-11-7-8-13-25(23)20-26)29-18-16-24-12-9-10-14-27(24)28(29)21-32-22(2)31/h6-18,20H,1,19,21H2,2-5H3/q+1. The number of carbonyl (C=O) groups is 1. The maximum atomic E-state index is 11.8. The van der Waals surface area contributed by atoms with E-state index in [1.807, 2.05) is 0 Å². The van der Waals surface area contributed by atoms with E-state index in [0.717, 1.165) is 22.5 Å². The molecule has 0 fully saturated rings. The summed E-state index contributed by atoms with van der Waals surface area (Å²) in [6.45, 7) is 12.9. The van der Waals surface area contributed by atoms with Gasteiger partial charge in [0.2, 0.25) is 0 Å². The van der Waals surface area contributed by atoms with Crippen LogP contribution in [0.3, 0.4) is 0 Å². The zero-order valence-electron chi connectivity index (χ0n) is 20.0. The third kappa shape index (κ3) is 4.21. The molecule has 0 N–H and O–H groups in total. The van der Waals surface area contributed by atoms with Gasteiger partial charge in [-0.05, 0) is 60.5 Å². The maximum Gasteiger partial charge on any atom is 0.302 e. The Hall–Kier alpha value is -2.96. The Labute approximate surface area is 197 Å². The van der Waals surface area contributed by atoms with Crippen LogP contribution < -0.4 is 10.6 Å². The normalized spacial score (nSPS) is 13.6. The average molecular weight is 456 g/mol. The largest absolute Gasteiger partial charge is 0.461 e. The van der Waals surface area contributed by atoms with Gasteiger partial charge in [0.1, 0.15) is 17.2 Å². The van der Waals surface area contributed by atoms with Gasteiger partial charge in [0, 0.05) is 12.5 Å². The molecule has 0 heterocycles. The second-order valence-corrected chi connectivity index (χ2v) is 13.9. The summed E-state index contributed by atoms with van der Waals surface area (Å²) in [5.41, 5.74) is 1.11. The second-order valence-electron chi connectivity index (χ2n) is 9.55. The minimum atomic E-state index is -2.00. The summed E-state index contributed by atoms with van der Waals surface area (Å²) in [5.74, 6) is -0.261. The molecule has 0 saturated carbocycles. The van der Waals surface area contributed by atoms with Crippen LogP contribution >= 0.6 is 7.26 Å². The van der Waals surface area contributed by atoms with Crippen molar-refractivity contribution in [3.63, 3.8) is 0 Å². The maximum absolute atomic E-state index is 11.8. The predicted octanol–water partition coefficient (Wildman–Crippen LogP) is 7.01. The van der Waals surface area contributed by atoms with Crippen molar-refractivity contribution in [1.82, 2.24) is 0 Å². The van der Waals surface area contributed by atoms with Crippen molar-refractivity contribution < 1.29 is 9.53 Å². The van der Waals surface area contributed by atoms with Gasteiger partial charge in [0.15, 0.2) is 0 Å². The number of fused-ring (bicyclic) bond motifs is 2. The van der Waals surface area contributed by atoms with E-state index in [2.05, 4.69) is 112 Å². The SMILES string of the molecule is C=CC[P+](c1ccc2ccccc2c1)(c1ccc2ccccc2c1COC(C)=O)C(C)(C)C. The summed E-state index contributed by atoms with van der Waals surface area (Å²) >= 11 is 0. The number of ether oxygens (including phenoxy) is 1. The molecule has 33 heavy (non-hydrogen) atoms. The zero-order valence-corrected chi connectivity index (χ0v) is 20.9. The van der Waals surface area contributed by atoms with Gasteiger partial charge in [-0.2, -0.15) is 0 Å². The number of hydrogen-bond donors (Lipinski definition) is 0. The van der Waals surface area contributed by atoms with Crippen molar-refractivity contribution in [2.75, 3.05) is 6.16 Å². The van der Waals surface area contributed by atoms with E-state index in [1.165, 1.54) is 28.3 Å². The quantitative estimate of drug-likeness (QED) is 0.178. The smallest absolute Gasteiger partial charge is 0.302 e. The highest BCUT2D eigenvalue weighted by molar-refractivity contribution is 7.91. The Balaban J connectivity index is 2.08. The molecule has 4 aromatic rings. The molecule has 0 aromatic heterocycles. The second kappa shape index (κ2) is 9.12. The molecular formula is C30H32O2P+. The zero-order chi connectivity index (χ0) is 23.6. The Morgan fingerprint density at radius 2 is 1.55 bits per heavy atom. The molecular weight excluding hydrogens is 423 g/mol. The minimum Gasteiger partial charge on any atom is -0.461 e. The topological polar surface area (TPSA) is 26.3 Å². The van der Waals surface area contributed by atoms with Crippen molar-refractivity contribution in [2.24, 2.45) is 0 Å². The number of rotatable bonds is 6. The summed E-state index contributed by atoms with van der Waals surface area (Å²) in [6, 6.07) is 28.3. The number of benzene rings is 4. The Kier molecular flexibility index (Phi) is 6.41. The number of allylic oxidation sites excluding steroid dienone is 1. The Morgan fingerprint density at radius 3 is 2.21 bits per heavy atom. The minimum absolute atomic E-state index is 0.0307. The lowest BCUT2D eigenvalue weighted by molar-refractivity contribution is -0.142. The lowest BCUT2D eigenvalue weighted by Crippen LogP contribution is -2.39. The van der Waals surface area contributed by atoms with Crippen molar-refractivity contribution in [2.45, 2.75) is 39.5 Å². The molecule has 1 atom stereocenters. The monoisotopic (exact) mass is 455 g/mol. The first-order valence-corrected chi connectivity index (χ1v) is 13.4. The van der Waals surface area contributed by atoms with Crippen LogP contribution in [0.5, 0.6) is 0 Å². The van der Waals surface area contributed by atoms with Gasteiger partial charge in [-0.1, -0.05) is 73.3 Å². The summed E-state index contributed by atoms with van der Waals surface area (Å²) in [6.07, 6.45) is 2.94. The summed E-state index contributed by atoms with van der Waals surface area (Å²) in [7, 11) is -2.00. The Morgan fingerprint density at radius 1 is 0.909 bits per heavy atom. The third-order valence-electron chi connectivity index (χ3n) is 6.57. The molecule has 0 bridgehead atoms. The van der Waals surface area contributed by atoms with E-state index in [9.17, 15) is 4.79 Å². The van der Waals surface area contributed by atoms with Gasteiger partial charge in [-0.15, -0.1) is 0 Å². The Bertz CT molecular complexity index is 1330. The van der Waals surface area contributed by atoms with E-state index >= 15 is 0 Å².